The van der Waals surface area contributed by atoms with Crippen molar-refractivity contribution in [1.29, 1.82) is 0 Å². The first-order valence-electron chi connectivity index (χ1n) is 5.80. The number of carboxylic acid groups (broad SMARTS) is 1. The molecule has 0 aliphatic heterocycles. The molecule has 0 radical (unpaired) electrons. The highest BCUT2D eigenvalue weighted by Crippen LogP contribution is 2.27. The van der Waals surface area contributed by atoms with Crippen LogP contribution in [-0.4, -0.2) is 16.2 Å². The first-order chi connectivity index (χ1) is 8.99. The van der Waals surface area contributed by atoms with Gasteiger partial charge in [0.2, 0.25) is 0 Å². The third-order valence-corrected chi connectivity index (χ3v) is 3.04. The number of phenols is 1. The molecule has 19 heavy (non-hydrogen) atoms. The highest BCUT2D eigenvalue weighted by Gasteiger charge is 2.15. The number of hydrogen-bond donors (Lipinski definition) is 2. The van der Waals surface area contributed by atoms with Crippen molar-refractivity contribution in [3.63, 3.8) is 0 Å². The molecule has 0 heterocycles. The van der Waals surface area contributed by atoms with Crippen molar-refractivity contribution in [3.05, 3.63) is 53.8 Å². The first-order valence-corrected chi connectivity index (χ1v) is 5.80. The largest absolute Gasteiger partial charge is 0.508 e. The molecule has 0 aliphatic carbocycles. The molecule has 0 unspecified atom stereocenters. The normalized spacial score (nSPS) is 12.1. The van der Waals surface area contributed by atoms with Gasteiger partial charge in [-0.2, -0.15) is 0 Å². The zero-order valence-corrected chi connectivity index (χ0v) is 10.3. The van der Waals surface area contributed by atoms with Crippen LogP contribution in [0.5, 0.6) is 5.75 Å². The van der Waals surface area contributed by atoms with Gasteiger partial charge >= 0.3 is 5.97 Å². The van der Waals surface area contributed by atoms with E-state index in [9.17, 15) is 14.3 Å². The maximum Gasteiger partial charge on any atom is 0.310 e. The molecule has 1 atom stereocenters. The molecule has 2 rings (SSSR count). The van der Waals surface area contributed by atoms with Crippen molar-refractivity contribution in [2.45, 2.75) is 12.8 Å². The molecular formula is C15H13FO3. The van der Waals surface area contributed by atoms with Crippen LogP contribution in [0.3, 0.4) is 0 Å². The van der Waals surface area contributed by atoms with Crippen molar-refractivity contribution in [3.8, 4) is 16.9 Å². The Bertz CT molecular complexity index is 605. The van der Waals surface area contributed by atoms with Crippen molar-refractivity contribution < 1.29 is 19.4 Å². The van der Waals surface area contributed by atoms with Crippen molar-refractivity contribution >= 4 is 5.97 Å². The highest BCUT2D eigenvalue weighted by atomic mass is 19.1. The second-order valence-electron chi connectivity index (χ2n) is 4.35. The predicted octanol–water partition coefficient (Wildman–Crippen LogP) is 3.39. The summed E-state index contributed by atoms with van der Waals surface area (Å²) >= 11 is 0. The van der Waals surface area contributed by atoms with E-state index in [0.29, 0.717) is 16.7 Å². The fourth-order valence-electron chi connectivity index (χ4n) is 1.82. The average molecular weight is 260 g/mol. The second-order valence-corrected chi connectivity index (χ2v) is 4.35. The van der Waals surface area contributed by atoms with E-state index in [1.54, 1.807) is 24.3 Å². The minimum Gasteiger partial charge on any atom is -0.508 e. The van der Waals surface area contributed by atoms with Crippen LogP contribution >= 0.6 is 0 Å². The van der Waals surface area contributed by atoms with Gasteiger partial charge in [-0.3, -0.25) is 4.79 Å². The van der Waals surface area contributed by atoms with E-state index in [4.69, 9.17) is 5.11 Å². The standard InChI is InChI=1S/C15H13FO3/c1-9(15(18)19)11-4-7-13(14(16)8-11)10-2-5-12(17)6-3-10/h2-9,17H,1H3,(H,18,19)/t9-/m0/s1. The Kier molecular flexibility index (Phi) is 3.51. The zero-order chi connectivity index (χ0) is 14.0. The summed E-state index contributed by atoms with van der Waals surface area (Å²) in [5.74, 6) is -2.10. The molecule has 2 aromatic rings. The van der Waals surface area contributed by atoms with Crippen molar-refractivity contribution in [1.82, 2.24) is 0 Å². The van der Waals surface area contributed by atoms with E-state index in [-0.39, 0.29) is 5.75 Å². The lowest BCUT2D eigenvalue weighted by Gasteiger charge is -2.09. The molecule has 0 aromatic heterocycles. The topological polar surface area (TPSA) is 57.5 Å². The molecule has 0 fully saturated rings. The molecule has 0 aliphatic rings. The molecular weight excluding hydrogens is 247 g/mol. The Balaban J connectivity index is 2.39. The number of halogens is 1. The first kappa shape index (κ1) is 13.1. The lowest BCUT2D eigenvalue weighted by atomic mass is 9.97. The number of aromatic hydroxyl groups is 1. The Morgan fingerprint density at radius 3 is 2.32 bits per heavy atom. The molecule has 0 saturated carbocycles. The Hall–Kier alpha value is -2.36. The minimum absolute atomic E-state index is 0.111. The SMILES string of the molecule is C[C@H](C(=O)O)c1ccc(-c2ccc(O)cc2)c(F)c1. The number of carbonyl (C=O) groups is 1. The summed E-state index contributed by atoms with van der Waals surface area (Å²) in [6.45, 7) is 1.51. The number of benzene rings is 2. The summed E-state index contributed by atoms with van der Waals surface area (Å²) in [6, 6.07) is 10.6. The molecule has 98 valence electrons. The summed E-state index contributed by atoms with van der Waals surface area (Å²) in [7, 11) is 0. The smallest absolute Gasteiger partial charge is 0.310 e. The molecule has 3 nitrogen and oxygen atoms in total. The van der Waals surface area contributed by atoms with E-state index in [1.165, 1.54) is 25.1 Å². The number of rotatable bonds is 3. The molecule has 0 saturated heterocycles. The molecule has 0 spiro atoms. The van der Waals surface area contributed by atoms with E-state index < -0.39 is 17.7 Å². The number of hydrogen-bond acceptors (Lipinski definition) is 2. The van der Waals surface area contributed by atoms with Gasteiger partial charge in [-0.15, -0.1) is 0 Å². The van der Waals surface area contributed by atoms with Gasteiger partial charge in [0.25, 0.3) is 0 Å². The van der Waals surface area contributed by atoms with Crippen LogP contribution in [0.2, 0.25) is 0 Å². The summed E-state index contributed by atoms with van der Waals surface area (Å²) in [5, 5.41) is 18.1. The summed E-state index contributed by atoms with van der Waals surface area (Å²) in [4.78, 5) is 10.9. The monoisotopic (exact) mass is 260 g/mol. The van der Waals surface area contributed by atoms with Gasteiger partial charge in [-0.05, 0) is 36.2 Å². The third kappa shape index (κ3) is 2.73. The molecule has 2 aromatic carbocycles. The second kappa shape index (κ2) is 5.10. The van der Waals surface area contributed by atoms with Crippen LogP contribution in [0.1, 0.15) is 18.4 Å². The predicted molar refractivity (Wildman–Crippen MR) is 69.6 cm³/mol. The van der Waals surface area contributed by atoms with Crippen molar-refractivity contribution in [2.24, 2.45) is 0 Å². The van der Waals surface area contributed by atoms with E-state index in [1.807, 2.05) is 0 Å². The van der Waals surface area contributed by atoms with Gasteiger partial charge in [0, 0.05) is 5.56 Å². The molecule has 4 heteroatoms. The van der Waals surface area contributed by atoms with Crippen LogP contribution in [0.4, 0.5) is 4.39 Å². The Labute approximate surface area is 109 Å². The van der Waals surface area contributed by atoms with Crippen LogP contribution < -0.4 is 0 Å². The number of phenolic OH excluding ortho intramolecular Hbond substituents is 1. The van der Waals surface area contributed by atoms with Crippen LogP contribution in [0.15, 0.2) is 42.5 Å². The molecule has 2 N–H and O–H groups in total. The maximum absolute atomic E-state index is 14.0. The third-order valence-electron chi connectivity index (χ3n) is 3.04. The fraction of sp³-hybridized carbons (Fsp3) is 0.133. The van der Waals surface area contributed by atoms with E-state index >= 15 is 0 Å². The van der Waals surface area contributed by atoms with Gasteiger partial charge in [-0.25, -0.2) is 4.39 Å². The van der Waals surface area contributed by atoms with Gasteiger partial charge in [0.1, 0.15) is 11.6 Å². The highest BCUT2D eigenvalue weighted by molar-refractivity contribution is 5.76. The number of aliphatic carboxylic acids is 1. The van der Waals surface area contributed by atoms with Gasteiger partial charge in [0.15, 0.2) is 0 Å². The lowest BCUT2D eigenvalue weighted by Crippen LogP contribution is -2.07. The van der Waals surface area contributed by atoms with Gasteiger partial charge in [0.05, 0.1) is 5.92 Å². The maximum atomic E-state index is 14.0. The lowest BCUT2D eigenvalue weighted by molar-refractivity contribution is -0.138. The van der Waals surface area contributed by atoms with E-state index in [2.05, 4.69) is 0 Å². The van der Waals surface area contributed by atoms with Crippen LogP contribution in [0, 0.1) is 5.82 Å². The average Bonchev–Trinajstić information content (AvgIpc) is 2.39. The van der Waals surface area contributed by atoms with E-state index in [0.717, 1.165) is 0 Å². The Morgan fingerprint density at radius 2 is 1.79 bits per heavy atom. The Morgan fingerprint density at radius 1 is 1.16 bits per heavy atom. The summed E-state index contributed by atoms with van der Waals surface area (Å²) in [5.41, 5.74) is 1.43. The fourth-order valence-corrected chi connectivity index (χ4v) is 1.82. The molecule has 0 amide bonds. The minimum atomic E-state index is -0.989. The zero-order valence-electron chi connectivity index (χ0n) is 10.3. The van der Waals surface area contributed by atoms with Gasteiger partial charge in [-0.1, -0.05) is 24.3 Å². The number of carboxylic acids is 1. The van der Waals surface area contributed by atoms with Crippen LogP contribution in [0.25, 0.3) is 11.1 Å². The quantitative estimate of drug-likeness (QED) is 0.889. The summed E-state index contributed by atoms with van der Waals surface area (Å²) < 4.78 is 14.0. The van der Waals surface area contributed by atoms with Gasteiger partial charge < -0.3 is 10.2 Å². The van der Waals surface area contributed by atoms with Crippen LogP contribution in [-0.2, 0) is 4.79 Å². The van der Waals surface area contributed by atoms with Crippen molar-refractivity contribution in [2.75, 3.05) is 0 Å². The summed E-state index contributed by atoms with van der Waals surface area (Å²) in [6.07, 6.45) is 0. The molecule has 0 bridgehead atoms.